The number of H-pyrrole nitrogens is 1. The van der Waals surface area contributed by atoms with Gasteiger partial charge in [0.05, 0.1) is 11.2 Å². The number of aromatic amines is 1. The molecule has 0 fully saturated rings. The van der Waals surface area contributed by atoms with Gasteiger partial charge in [-0.25, -0.2) is 32.5 Å². The van der Waals surface area contributed by atoms with E-state index in [-0.39, 0.29) is 11.6 Å². The summed E-state index contributed by atoms with van der Waals surface area (Å²) in [4.78, 5) is 27.1. The number of alkyl halides is 3. The molecule has 3 N–H and O–H groups in total. The summed E-state index contributed by atoms with van der Waals surface area (Å²) in [7, 11) is 0. The first-order chi connectivity index (χ1) is 13.6. The number of nitrogens with zero attached hydrogens (tertiary/aromatic N) is 3. The van der Waals surface area contributed by atoms with Crippen molar-refractivity contribution in [1.29, 1.82) is 0 Å². The van der Waals surface area contributed by atoms with E-state index in [1.807, 2.05) is 0 Å². The number of rotatable bonds is 6. The SMILES string of the molecule is CC(C)(Nc1nc(-c2c[nH]c3ncc(Cl)cc23)ncc1F)C(=O)NC(F)C(F)F. The quantitative estimate of drug-likeness (QED) is 0.409. The van der Waals surface area contributed by atoms with E-state index in [9.17, 15) is 22.4 Å². The molecule has 7 nitrogen and oxygen atoms in total. The maximum absolute atomic E-state index is 14.2. The van der Waals surface area contributed by atoms with Crippen LogP contribution in [-0.2, 0) is 4.79 Å². The van der Waals surface area contributed by atoms with E-state index in [1.54, 1.807) is 12.3 Å². The van der Waals surface area contributed by atoms with Crippen LogP contribution in [0.15, 0.2) is 24.7 Å². The van der Waals surface area contributed by atoms with Crippen LogP contribution in [0.5, 0.6) is 0 Å². The molecule has 0 saturated heterocycles. The van der Waals surface area contributed by atoms with Crippen molar-refractivity contribution in [3.8, 4) is 11.4 Å². The fourth-order valence-electron chi connectivity index (χ4n) is 2.47. The van der Waals surface area contributed by atoms with Crippen LogP contribution in [0.25, 0.3) is 22.4 Å². The zero-order valence-electron chi connectivity index (χ0n) is 15.1. The lowest BCUT2D eigenvalue weighted by Crippen LogP contribution is -2.52. The number of fused-ring (bicyclic) bond motifs is 1. The number of carbonyl (C=O) groups is 1. The molecule has 12 heteroatoms. The Bertz CT molecular complexity index is 1060. The van der Waals surface area contributed by atoms with E-state index in [1.165, 1.54) is 25.4 Å². The number of amides is 1. The predicted molar refractivity (Wildman–Crippen MR) is 98.8 cm³/mol. The Morgan fingerprint density at radius 3 is 2.66 bits per heavy atom. The molecule has 1 amide bonds. The zero-order chi connectivity index (χ0) is 21.3. The van der Waals surface area contributed by atoms with Crippen molar-refractivity contribution in [3.63, 3.8) is 0 Å². The Kier molecular flexibility index (Phi) is 5.60. The highest BCUT2D eigenvalue weighted by atomic mass is 35.5. The lowest BCUT2D eigenvalue weighted by molar-refractivity contribution is -0.128. The number of halogens is 5. The van der Waals surface area contributed by atoms with Crippen LogP contribution >= 0.6 is 11.6 Å². The van der Waals surface area contributed by atoms with Crippen molar-refractivity contribution in [3.05, 3.63) is 35.5 Å². The van der Waals surface area contributed by atoms with Crippen molar-refractivity contribution >= 4 is 34.4 Å². The number of pyridine rings is 1. The third kappa shape index (κ3) is 4.39. The Morgan fingerprint density at radius 1 is 1.24 bits per heavy atom. The Hall–Kier alpha value is -2.95. The average molecular weight is 431 g/mol. The fourth-order valence-corrected chi connectivity index (χ4v) is 2.63. The second kappa shape index (κ2) is 7.82. The molecule has 1 atom stereocenters. The summed E-state index contributed by atoms with van der Waals surface area (Å²) < 4.78 is 52.0. The van der Waals surface area contributed by atoms with E-state index in [4.69, 9.17) is 11.6 Å². The molecule has 3 aromatic rings. The molecule has 3 rings (SSSR count). The second-order valence-corrected chi connectivity index (χ2v) is 7.04. The number of aromatic nitrogens is 4. The smallest absolute Gasteiger partial charge is 0.287 e. The van der Waals surface area contributed by atoms with Gasteiger partial charge in [0.15, 0.2) is 17.5 Å². The first kappa shape index (κ1) is 20.8. The lowest BCUT2D eigenvalue weighted by Gasteiger charge is -2.26. The molecule has 0 aliphatic carbocycles. The number of hydrogen-bond donors (Lipinski definition) is 3. The van der Waals surface area contributed by atoms with Gasteiger partial charge in [-0.05, 0) is 19.9 Å². The fraction of sp³-hybridized carbons (Fsp3) is 0.294. The van der Waals surface area contributed by atoms with Gasteiger partial charge in [0.2, 0.25) is 12.2 Å². The first-order valence-corrected chi connectivity index (χ1v) is 8.63. The van der Waals surface area contributed by atoms with Gasteiger partial charge in [0, 0.05) is 23.3 Å². The summed E-state index contributed by atoms with van der Waals surface area (Å²) in [6.45, 7) is 2.52. The highest BCUT2D eigenvalue weighted by Gasteiger charge is 2.33. The van der Waals surface area contributed by atoms with Gasteiger partial charge < -0.3 is 15.6 Å². The van der Waals surface area contributed by atoms with Crippen LogP contribution in [0.2, 0.25) is 5.02 Å². The zero-order valence-corrected chi connectivity index (χ0v) is 15.9. The molecule has 0 aliphatic heterocycles. The molecular weight excluding hydrogens is 416 g/mol. The second-order valence-electron chi connectivity index (χ2n) is 6.60. The standard InChI is InChI=1S/C17H15ClF4N6O/c1-17(2,16(29)26-12(22)11(20)21)28-15-10(19)6-25-14(27-15)9-5-24-13-8(9)3-7(18)4-23-13/h3-6,11-12H,1-2H3,(H,23,24)(H,26,29)(H,25,27,28). The molecule has 29 heavy (non-hydrogen) atoms. The summed E-state index contributed by atoms with van der Waals surface area (Å²) in [6.07, 6.45) is -2.36. The normalized spacial score (nSPS) is 13.0. The Morgan fingerprint density at radius 2 is 1.97 bits per heavy atom. The van der Waals surface area contributed by atoms with Gasteiger partial charge in [-0.1, -0.05) is 11.6 Å². The van der Waals surface area contributed by atoms with E-state index in [2.05, 4.69) is 25.3 Å². The molecule has 0 radical (unpaired) electrons. The van der Waals surface area contributed by atoms with Crippen LogP contribution < -0.4 is 10.6 Å². The summed E-state index contributed by atoms with van der Waals surface area (Å²) in [5.74, 6) is -2.27. The summed E-state index contributed by atoms with van der Waals surface area (Å²) in [5, 5.41) is 4.97. The van der Waals surface area contributed by atoms with E-state index in [0.29, 0.717) is 21.6 Å². The molecule has 0 aromatic carbocycles. The molecule has 0 saturated carbocycles. The largest absolute Gasteiger partial charge is 0.354 e. The van der Waals surface area contributed by atoms with E-state index >= 15 is 0 Å². The van der Waals surface area contributed by atoms with Gasteiger partial charge in [-0.2, -0.15) is 0 Å². The Labute approximate surface area is 166 Å². The summed E-state index contributed by atoms with van der Waals surface area (Å²) in [6, 6.07) is 1.62. The number of anilines is 1. The molecular formula is C17H15ClF4N6O. The first-order valence-electron chi connectivity index (χ1n) is 8.25. The van der Waals surface area contributed by atoms with Gasteiger partial charge in [-0.15, -0.1) is 0 Å². The maximum Gasteiger partial charge on any atom is 0.287 e. The number of carbonyl (C=O) groups excluding carboxylic acids is 1. The van der Waals surface area contributed by atoms with Gasteiger partial charge in [-0.3, -0.25) is 4.79 Å². The molecule has 0 spiro atoms. The summed E-state index contributed by atoms with van der Waals surface area (Å²) >= 11 is 5.96. The molecule has 3 aromatic heterocycles. The number of nitrogens with one attached hydrogen (secondary N) is 3. The van der Waals surface area contributed by atoms with E-state index in [0.717, 1.165) is 6.20 Å². The van der Waals surface area contributed by atoms with Crippen molar-refractivity contribution in [2.75, 3.05) is 5.32 Å². The minimum absolute atomic E-state index is 0.0939. The Balaban J connectivity index is 1.91. The van der Waals surface area contributed by atoms with Gasteiger partial charge >= 0.3 is 0 Å². The molecule has 0 aliphatic rings. The molecule has 3 heterocycles. The maximum atomic E-state index is 14.2. The van der Waals surface area contributed by atoms with Crippen LogP contribution in [0.4, 0.5) is 23.4 Å². The monoisotopic (exact) mass is 430 g/mol. The van der Waals surface area contributed by atoms with Crippen molar-refractivity contribution in [2.24, 2.45) is 0 Å². The van der Waals surface area contributed by atoms with Crippen LogP contribution in [-0.4, -0.2) is 44.1 Å². The topological polar surface area (TPSA) is 95.6 Å². The average Bonchev–Trinajstić information content (AvgIpc) is 3.06. The van der Waals surface area contributed by atoms with Crippen LogP contribution in [0, 0.1) is 5.82 Å². The third-order valence-electron chi connectivity index (χ3n) is 3.97. The summed E-state index contributed by atoms with van der Waals surface area (Å²) in [5.41, 5.74) is -0.675. The lowest BCUT2D eigenvalue weighted by atomic mass is 10.0. The third-order valence-corrected chi connectivity index (χ3v) is 4.18. The minimum Gasteiger partial charge on any atom is -0.354 e. The molecule has 0 bridgehead atoms. The minimum atomic E-state index is -3.39. The van der Waals surface area contributed by atoms with Crippen molar-refractivity contribution in [1.82, 2.24) is 25.3 Å². The predicted octanol–water partition coefficient (Wildman–Crippen LogP) is 3.68. The van der Waals surface area contributed by atoms with Crippen LogP contribution in [0.1, 0.15) is 13.8 Å². The van der Waals surface area contributed by atoms with E-state index < -0.39 is 30.0 Å². The van der Waals surface area contributed by atoms with Crippen molar-refractivity contribution in [2.45, 2.75) is 32.1 Å². The highest BCUT2D eigenvalue weighted by molar-refractivity contribution is 6.31. The molecule has 1 unspecified atom stereocenters. The number of hydrogen-bond acceptors (Lipinski definition) is 5. The van der Waals surface area contributed by atoms with Gasteiger partial charge in [0.25, 0.3) is 6.43 Å². The van der Waals surface area contributed by atoms with Gasteiger partial charge in [0.1, 0.15) is 11.2 Å². The highest BCUT2D eigenvalue weighted by Crippen LogP contribution is 2.28. The van der Waals surface area contributed by atoms with Crippen LogP contribution in [0.3, 0.4) is 0 Å². The molecule has 154 valence electrons. The van der Waals surface area contributed by atoms with Crippen molar-refractivity contribution < 1.29 is 22.4 Å².